The molecule has 1 aromatic heterocycles. The highest BCUT2D eigenvalue weighted by atomic mass is 16.5. The summed E-state index contributed by atoms with van der Waals surface area (Å²) in [7, 11) is 1.45. The maximum absolute atomic E-state index is 12.2. The normalized spacial score (nSPS) is 11.7. The number of carbonyl (C=O) groups is 1. The highest BCUT2D eigenvalue weighted by Crippen LogP contribution is 2.29. The topological polar surface area (TPSA) is 83.7 Å². The first-order chi connectivity index (χ1) is 12.0. The fourth-order valence-electron chi connectivity index (χ4n) is 2.44. The van der Waals surface area contributed by atoms with Gasteiger partial charge < -0.3 is 19.9 Å². The van der Waals surface area contributed by atoms with Gasteiger partial charge in [-0.1, -0.05) is 30.3 Å². The van der Waals surface area contributed by atoms with Gasteiger partial charge in [-0.25, -0.2) is 9.78 Å². The van der Waals surface area contributed by atoms with Gasteiger partial charge in [0.15, 0.2) is 5.56 Å². The standard InChI is InChI=1S/C19H24N2O4/c1-4-24-19(22)17-16(10-13(2)21-18(17)23-3)25-12-15(20)11-14-8-6-5-7-9-14/h5-10,15H,4,11-12,20H2,1-3H3/t15-/m1/s1. The maximum Gasteiger partial charge on any atom is 0.347 e. The van der Waals surface area contributed by atoms with Gasteiger partial charge >= 0.3 is 5.97 Å². The van der Waals surface area contributed by atoms with E-state index >= 15 is 0 Å². The number of ether oxygens (including phenoxy) is 3. The van der Waals surface area contributed by atoms with Crippen molar-refractivity contribution in [2.45, 2.75) is 26.3 Å². The molecule has 2 aromatic rings. The zero-order chi connectivity index (χ0) is 18.2. The molecule has 25 heavy (non-hydrogen) atoms. The molecular formula is C19H24N2O4. The summed E-state index contributed by atoms with van der Waals surface area (Å²) in [6, 6.07) is 11.4. The van der Waals surface area contributed by atoms with Gasteiger partial charge in [-0.2, -0.15) is 0 Å². The third-order valence-electron chi connectivity index (χ3n) is 3.54. The van der Waals surface area contributed by atoms with E-state index in [1.807, 2.05) is 30.3 Å². The summed E-state index contributed by atoms with van der Waals surface area (Å²) >= 11 is 0. The Balaban J connectivity index is 2.14. The third kappa shape index (κ3) is 5.19. The van der Waals surface area contributed by atoms with E-state index in [-0.39, 0.29) is 30.7 Å². The van der Waals surface area contributed by atoms with Crippen molar-refractivity contribution in [1.82, 2.24) is 4.98 Å². The molecule has 1 heterocycles. The van der Waals surface area contributed by atoms with Gasteiger partial charge in [-0.15, -0.1) is 0 Å². The number of esters is 1. The Morgan fingerprint density at radius 2 is 2.00 bits per heavy atom. The summed E-state index contributed by atoms with van der Waals surface area (Å²) in [6.07, 6.45) is 0.677. The third-order valence-corrected chi connectivity index (χ3v) is 3.54. The smallest absolute Gasteiger partial charge is 0.347 e. The number of methoxy groups -OCH3 is 1. The molecule has 0 radical (unpaired) electrons. The zero-order valence-electron chi connectivity index (χ0n) is 14.8. The molecule has 0 aliphatic heterocycles. The van der Waals surface area contributed by atoms with Crippen LogP contribution < -0.4 is 15.2 Å². The maximum atomic E-state index is 12.2. The average molecular weight is 344 g/mol. The molecule has 0 spiro atoms. The minimum absolute atomic E-state index is 0.182. The van der Waals surface area contributed by atoms with Crippen molar-refractivity contribution in [3.63, 3.8) is 0 Å². The van der Waals surface area contributed by atoms with Crippen LogP contribution in [0.3, 0.4) is 0 Å². The molecule has 2 rings (SSSR count). The first-order valence-electron chi connectivity index (χ1n) is 8.20. The molecule has 134 valence electrons. The molecule has 6 nitrogen and oxygen atoms in total. The Bertz CT molecular complexity index is 704. The van der Waals surface area contributed by atoms with Crippen molar-refractivity contribution in [3.8, 4) is 11.6 Å². The van der Waals surface area contributed by atoms with Gasteiger partial charge in [0, 0.05) is 17.8 Å². The molecule has 0 fully saturated rings. The second-order valence-corrected chi connectivity index (χ2v) is 5.63. The van der Waals surface area contributed by atoms with Crippen LogP contribution in [0.25, 0.3) is 0 Å². The number of aromatic nitrogens is 1. The Morgan fingerprint density at radius 1 is 1.28 bits per heavy atom. The summed E-state index contributed by atoms with van der Waals surface area (Å²) in [5, 5.41) is 0. The van der Waals surface area contributed by atoms with Crippen LogP contribution in [0.15, 0.2) is 36.4 Å². The summed E-state index contributed by atoms with van der Waals surface area (Å²) in [6.45, 7) is 4.05. The van der Waals surface area contributed by atoms with Crippen molar-refractivity contribution < 1.29 is 19.0 Å². The van der Waals surface area contributed by atoms with Crippen molar-refractivity contribution in [2.75, 3.05) is 20.3 Å². The molecule has 1 aromatic carbocycles. The Hall–Kier alpha value is -2.60. The predicted molar refractivity (Wildman–Crippen MR) is 95.1 cm³/mol. The molecule has 6 heteroatoms. The number of hydrogen-bond acceptors (Lipinski definition) is 6. The predicted octanol–water partition coefficient (Wildman–Crippen LogP) is 2.52. The fraction of sp³-hybridized carbons (Fsp3) is 0.368. The quantitative estimate of drug-likeness (QED) is 0.741. The summed E-state index contributed by atoms with van der Waals surface area (Å²) < 4.78 is 16.1. The highest BCUT2D eigenvalue weighted by molar-refractivity contribution is 5.95. The van der Waals surface area contributed by atoms with Gasteiger partial charge in [0.25, 0.3) is 0 Å². The summed E-state index contributed by atoms with van der Waals surface area (Å²) in [5.41, 5.74) is 8.15. The van der Waals surface area contributed by atoms with E-state index in [9.17, 15) is 4.79 Å². The van der Waals surface area contributed by atoms with E-state index < -0.39 is 5.97 Å². The van der Waals surface area contributed by atoms with Crippen molar-refractivity contribution in [2.24, 2.45) is 5.73 Å². The SMILES string of the molecule is CCOC(=O)c1c(OC[C@H](N)Cc2ccccc2)cc(C)nc1OC. The van der Waals surface area contributed by atoms with Gasteiger partial charge in [-0.3, -0.25) is 0 Å². The number of aryl methyl sites for hydroxylation is 1. The Labute approximate surface area is 147 Å². The second-order valence-electron chi connectivity index (χ2n) is 5.63. The number of hydrogen-bond donors (Lipinski definition) is 1. The number of rotatable bonds is 8. The van der Waals surface area contributed by atoms with Crippen LogP contribution in [0.4, 0.5) is 0 Å². The van der Waals surface area contributed by atoms with Crippen LogP contribution in [-0.4, -0.2) is 37.3 Å². The van der Waals surface area contributed by atoms with E-state index in [0.717, 1.165) is 5.56 Å². The lowest BCUT2D eigenvalue weighted by Gasteiger charge is -2.17. The Morgan fingerprint density at radius 3 is 2.64 bits per heavy atom. The van der Waals surface area contributed by atoms with E-state index in [4.69, 9.17) is 19.9 Å². The molecular weight excluding hydrogens is 320 g/mol. The summed E-state index contributed by atoms with van der Waals surface area (Å²) in [5.74, 6) is 0.0230. The molecule has 0 aliphatic carbocycles. The van der Waals surface area contributed by atoms with Crippen LogP contribution in [-0.2, 0) is 11.2 Å². The number of nitrogens with two attached hydrogens (primary N) is 1. The van der Waals surface area contributed by atoms with Crippen molar-refractivity contribution >= 4 is 5.97 Å². The number of carbonyl (C=O) groups excluding carboxylic acids is 1. The first-order valence-corrected chi connectivity index (χ1v) is 8.20. The minimum Gasteiger partial charge on any atom is -0.491 e. The van der Waals surface area contributed by atoms with Gasteiger partial charge in [0.05, 0.1) is 13.7 Å². The van der Waals surface area contributed by atoms with Gasteiger partial charge in [0.1, 0.15) is 12.4 Å². The molecule has 2 N–H and O–H groups in total. The van der Waals surface area contributed by atoms with E-state index in [1.165, 1.54) is 7.11 Å². The van der Waals surface area contributed by atoms with Gasteiger partial charge in [-0.05, 0) is 25.8 Å². The lowest BCUT2D eigenvalue weighted by Crippen LogP contribution is -2.30. The van der Waals surface area contributed by atoms with Crippen LogP contribution in [0.2, 0.25) is 0 Å². The number of pyridine rings is 1. The van der Waals surface area contributed by atoms with E-state index in [0.29, 0.717) is 17.9 Å². The van der Waals surface area contributed by atoms with Crippen LogP contribution in [0, 0.1) is 6.92 Å². The largest absolute Gasteiger partial charge is 0.491 e. The van der Waals surface area contributed by atoms with Crippen molar-refractivity contribution in [3.05, 3.63) is 53.2 Å². The molecule has 0 saturated heterocycles. The van der Waals surface area contributed by atoms with Gasteiger partial charge in [0.2, 0.25) is 5.88 Å². The summed E-state index contributed by atoms with van der Waals surface area (Å²) in [4.78, 5) is 16.5. The first kappa shape index (κ1) is 18.7. The number of benzene rings is 1. The minimum atomic E-state index is -0.529. The monoisotopic (exact) mass is 344 g/mol. The lowest BCUT2D eigenvalue weighted by atomic mass is 10.1. The fourth-order valence-corrected chi connectivity index (χ4v) is 2.44. The highest BCUT2D eigenvalue weighted by Gasteiger charge is 2.23. The molecule has 0 bridgehead atoms. The molecule has 0 amide bonds. The van der Waals surface area contributed by atoms with Crippen LogP contribution in [0.1, 0.15) is 28.5 Å². The Kier molecular flexibility index (Phi) is 6.77. The van der Waals surface area contributed by atoms with Crippen molar-refractivity contribution in [1.29, 1.82) is 0 Å². The zero-order valence-corrected chi connectivity index (χ0v) is 14.8. The molecule has 1 atom stereocenters. The number of nitrogens with zero attached hydrogens (tertiary/aromatic N) is 1. The average Bonchev–Trinajstić information content (AvgIpc) is 2.60. The van der Waals surface area contributed by atoms with E-state index in [2.05, 4.69) is 4.98 Å². The lowest BCUT2D eigenvalue weighted by molar-refractivity contribution is 0.0516. The molecule has 0 aliphatic rings. The van der Waals surface area contributed by atoms with E-state index in [1.54, 1.807) is 19.9 Å². The molecule has 0 unspecified atom stereocenters. The van der Waals surface area contributed by atoms with Crippen LogP contribution >= 0.6 is 0 Å². The second kappa shape index (κ2) is 9.03. The molecule has 0 saturated carbocycles. The van der Waals surface area contributed by atoms with Crippen LogP contribution in [0.5, 0.6) is 11.6 Å².